The predicted octanol–water partition coefficient (Wildman–Crippen LogP) is 5.33. The van der Waals surface area contributed by atoms with Gasteiger partial charge in [-0.05, 0) is 19.4 Å². The molecule has 0 spiro atoms. The lowest BCUT2D eigenvalue weighted by Gasteiger charge is -2.07. The Kier molecular flexibility index (Phi) is 9.68. The van der Waals surface area contributed by atoms with Crippen LogP contribution < -0.4 is 4.74 Å². The molecule has 3 nitrogen and oxygen atoms in total. The van der Waals surface area contributed by atoms with E-state index in [-0.39, 0.29) is 5.97 Å². The molecule has 21 heavy (non-hydrogen) atoms. The molecule has 1 heterocycles. The van der Waals surface area contributed by atoms with E-state index < -0.39 is 0 Å². The summed E-state index contributed by atoms with van der Waals surface area (Å²) in [5.41, 5.74) is 0. The van der Waals surface area contributed by atoms with Crippen LogP contribution in [0.15, 0.2) is 18.3 Å². The van der Waals surface area contributed by atoms with Gasteiger partial charge in [0, 0.05) is 25.2 Å². The molecule has 0 aliphatic heterocycles. The van der Waals surface area contributed by atoms with Gasteiger partial charge in [0.2, 0.25) is 5.88 Å². The fraction of sp³-hybridized carbons (Fsp3) is 0.722. The number of carbonyl (C=O) groups is 1. The summed E-state index contributed by atoms with van der Waals surface area (Å²) in [7, 11) is 0. The molecule has 0 unspecified atom stereocenters. The summed E-state index contributed by atoms with van der Waals surface area (Å²) in [6.07, 6.45) is 13.8. The van der Waals surface area contributed by atoms with Crippen LogP contribution in [0, 0.1) is 0 Å². The molecule has 0 atom stereocenters. The zero-order valence-electron chi connectivity index (χ0n) is 13.8. The molecule has 120 valence electrons. The van der Waals surface area contributed by atoms with Gasteiger partial charge in [0.1, 0.15) is 0 Å². The number of carbonyl (C=O) groups excluding carboxylic acids is 1. The molecule has 1 rings (SSSR count). The Labute approximate surface area is 129 Å². The Balaban J connectivity index is 1.99. The molecule has 1 aromatic heterocycles. The molecule has 0 aliphatic rings. The van der Waals surface area contributed by atoms with Crippen molar-refractivity contribution in [3.63, 3.8) is 0 Å². The van der Waals surface area contributed by atoms with Gasteiger partial charge in [0.25, 0.3) is 0 Å². The van der Waals surface area contributed by atoms with Crippen molar-refractivity contribution in [1.29, 1.82) is 0 Å². The number of aromatic nitrogens is 1. The van der Waals surface area contributed by atoms with Crippen molar-refractivity contribution in [3.8, 4) is 5.88 Å². The first-order valence-electron chi connectivity index (χ1n) is 8.63. The number of hydrogen-bond acceptors (Lipinski definition) is 2. The van der Waals surface area contributed by atoms with Crippen molar-refractivity contribution < 1.29 is 9.53 Å². The summed E-state index contributed by atoms with van der Waals surface area (Å²) in [6.45, 7) is 5.11. The fourth-order valence-electron chi connectivity index (χ4n) is 2.50. The highest BCUT2D eigenvalue weighted by Crippen LogP contribution is 2.14. The minimum absolute atomic E-state index is 0.105. The molecule has 0 amide bonds. The van der Waals surface area contributed by atoms with Crippen molar-refractivity contribution in [2.24, 2.45) is 0 Å². The van der Waals surface area contributed by atoms with Crippen LogP contribution in [0.2, 0.25) is 0 Å². The van der Waals surface area contributed by atoms with Gasteiger partial charge < -0.3 is 9.30 Å². The highest BCUT2D eigenvalue weighted by Gasteiger charge is 2.07. The van der Waals surface area contributed by atoms with Gasteiger partial charge in [0.15, 0.2) is 0 Å². The van der Waals surface area contributed by atoms with Gasteiger partial charge in [0.05, 0.1) is 0 Å². The number of nitrogens with zero attached hydrogens (tertiary/aromatic N) is 1. The lowest BCUT2D eigenvalue weighted by Crippen LogP contribution is -2.10. The zero-order chi connectivity index (χ0) is 15.3. The lowest BCUT2D eigenvalue weighted by molar-refractivity contribution is -0.134. The van der Waals surface area contributed by atoms with Gasteiger partial charge >= 0.3 is 5.97 Å². The summed E-state index contributed by atoms with van der Waals surface area (Å²) >= 11 is 0. The van der Waals surface area contributed by atoms with E-state index in [0.717, 1.165) is 19.4 Å². The van der Waals surface area contributed by atoms with Gasteiger partial charge in [-0.2, -0.15) is 0 Å². The Morgan fingerprint density at radius 2 is 1.62 bits per heavy atom. The molecule has 1 aromatic rings. The summed E-state index contributed by atoms with van der Waals surface area (Å²) in [4.78, 5) is 11.8. The van der Waals surface area contributed by atoms with E-state index in [2.05, 4.69) is 6.92 Å². The quantitative estimate of drug-likeness (QED) is 0.385. The van der Waals surface area contributed by atoms with Crippen molar-refractivity contribution in [3.05, 3.63) is 18.3 Å². The second-order valence-electron chi connectivity index (χ2n) is 5.68. The smallest absolute Gasteiger partial charge is 0.312 e. The molecule has 0 radical (unpaired) electrons. The second-order valence-corrected chi connectivity index (χ2v) is 5.68. The first kappa shape index (κ1) is 17.8. The van der Waals surface area contributed by atoms with E-state index in [1.165, 1.54) is 44.9 Å². The number of ether oxygens (including phenoxy) is 1. The summed E-state index contributed by atoms with van der Waals surface area (Å²) in [5, 5.41) is 0. The van der Waals surface area contributed by atoms with Crippen molar-refractivity contribution in [2.45, 2.75) is 84.6 Å². The molecular formula is C18H31NO2. The molecule has 0 fully saturated rings. The number of unbranched alkanes of at least 4 members (excludes halogenated alkanes) is 8. The van der Waals surface area contributed by atoms with E-state index in [4.69, 9.17) is 4.74 Å². The van der Waals surface area contributed by atoms with E-state index in [1.807, 2.05) is 29.8 Å². The van der Waals surface area contributed by atoms with Crippen molar-refractivity contribution in [1.82, 2.24) is 4.57 Å². The highest BCUT2D eigenvalue weighted by molar-refractivity contribution is 5.71. The Morgan fingerprint density at radius 3 is 2.24 bits per heavy atom. The molecule has 0 saturated heterocycles. The maximum atomic E-state index is 11.8. The Hall–Kier alpha value is -1.25. The second kappa shape index (κ2) is 11.4. The third kappa shape index (κ3) is 7.93. The van der Waals surface area contributed by atoms with Gasteiger partial charge in [-0.15, -0.1) is 0 Å². The highest BCUT2D eigenvalue weighted by atomic mass is 16.5. The lowest BCUT2D eigenvalue weighted by atomic mass is 10.1. The van der Waals surface area contributed by atoms with Crippen LogP contribution in [0.1, 0.15) is 78.1 Å². The third-order valence-electron chi connectivity index (χ3n) is 3.83. The number of rotatable bonds is 12. The number of esters is 1. The van der Waals surface area contributed by atoms with Crippen molar-refractivity contribution in [2.75, 3.05) is 0 Å². The van der Waals surface area contributed by atoms with E-state index in [1.54, 1.807) is 0 Å². The average molecular weight is 293 g/mol. The average Bonchev–Trinajstić information content (AvgIpc) is 2.92. The van der Waals surface area contributed by atoms with E-state index in [0.29, 0.717) is 12.3 Å². The Morgan fingerprint density at radius 1 is 1.00 bits per heavy atom. The maximum Gasteiger partial charge on any atom is 0.312 e. The summed E-state index contributed by atoms with van der Waals surface area (Å²) < 4.78 is 7.31. The minimum Gasteiger partial charge on any atom is -0.409 e. The fourth-order valence-corrected chi connectivity index (χ4v) is 2.50. The van der Waals surface area contributed by atoms with Crippen LogP contribution >= 0.6 is 0 Å². The van der Waals surface area contributed by atoms with Gasteiger partial charge in [-0.25, -0.2) is 0 Å². The molecule has 0 bridgehead atoms. The number of aryl methyl sites for hydroxylation is 1. The van der Waals surface area contributed by atoms with Crippen LogP contribution in [-0.4, -0.2) is 10.5 Å². The topological polar surface area (TPSA) is 31.2 Å². The molecular weight excluding hydrogens is 262 g/mol. The summed E-state index contributed by atoms with van der Waals surface area (Å²) in [6, 6.07) is 3.75. The Bertz CT molecular complexity index is 384. The van der Waals surface area contributed by atoms with E-state index >= 15 is 0 Å². The molecule has 0 saturated carbocycles. The van der Waals surface area contributed by atoms with Crippen LogP contribution in [0.4, 0.5) is 0 Å². The monoisotopic (exact) mass is 293 g/mol. The van der Waals surface area contributed by atoms with Crippen LogP contribution in [0.3, 0.4) is 0 Å². The van der Waals surface area contributed by atoms with E-state index in [9.17, 15) is 4.79 Å². The third-order valence-corrected chi connectivity index (χ3v) is 3.83. The SMILES string of the molecule is CCCCCCCCCCCC(=O)Oc1cccn1CC. The maximum absolute atomic E-state index is 11.8. The standard InChI is InChI=1S/C18H31NO2/c1-3-5-6-7-8-9-10-11-12-15-18(20)21-17-14-13-16-19(17)4-2/h13-14,16H,3-12,15H2,1-2H3. The molecule has 0 aromatic carbocycles. The normalized spacial score (nSPS) is 10.8. The number of hydrogen-bond donors (Lipinski definition) is 0. The van der Waals surface area contributed by atoms with Crippen LogP contribution in [0.5, 0.6) is 5.88 Å². The van der Waals surface area contributed by atoms with Gasteiger partial charge in [-0.1, -0.05) is 58.3 Å². The molecule has 3 heteroatoms. The van der Waals surface area contributed by atoms with Crippen LogP contribution in [-0.2, 0) is 11.3 Å². The first-order valence-corrected chi connectivity index (χ1v) is 8.63. The molecule has 0 aliphatic carbocycles. The minimum atomic E-state index is -0.105. The largest absolute Gasteiger partial charge is 0.409 e. The van der Waals surface area contributed by atoms with Crippen LogP contribution in [0.25, 0.3) is 0 Å². The molecule has 0 N–H and O–H groups in total. The van der Waals surface area contributed by atoms with Gasteiger partial charge in [-0.3, -0.25) is 4.79 Å². The predicted molar refractivity (Wildman–Crippen MR) is 87.6 cm³/mol. The first-order chi connectivity index (χ1) is 10.3. The summed E-state index contributed by atoms with van der Waals surface area (Å²) in [5.74, 6) is 0.560. The van der Waals surface area contributed by atoms with Crippen molar-refractivity contribution >= 4 is 5.97 Å². The zero-order valence-corrected chi connectivity index (χ0v) is 13.8.